The number of para-hydroxylation sites is 3. The summed E-state index contributed by atoms with van der Waals surface area (Å²) in [4.78, 5) is 17.5. The quantitative estimate of drug-likeness (QED) is 0.298. The predicted molar refractivity (Wildman–Crippen MR) is 141 cm³/mol. The highest BCUT2D eigenvalue weighted by Gasteiger charge is 2.13. The number of ether oxygens (including phenoxy) is 3. The van der Waals surface area contributed by atoms with Crippen molar-refractivity contribution in [2.45, 2.75) is 33.2 Å². The Morgan fingerprint density at radius 1 is 0.944 bits per heavy atom. The van der Waals surface area contributed by atoms with E-state index in [1.54, 1.807) is 32.4 Å². The summed E-state index contributed by atoms with van der Waals surface area (Å²) in [6.07, 6.45) is 1.50. The van der Waals surface area contributed by atoms with Gasteiger partial charge in [0.15, 0.2) is 11.5 Å². The van der Waals surface area contributed by atoms with Crippen molar-refractivity contribution in [2.75, 3.05) is 27.4 Å². The second kappa shape index (κ2) is 11.6. The molecule has 3 aromatic carbocycles. The van der Waals surface area contributed by atoms with Crippen LogP contribution in [0.15, 0.2) is 60.7 Å². The zero-order chi connectivity index (χ0) is 25.5. The normalized spacial score (nSPS) is 10.9. The number of aromatic nitrogens is 2. The van der Waals surface area contributed by atoms with Gasteiger partial charge in [-0.15, -0.1) is 0 Å². The van der Waals surface area contributed by atoms with E-state index in [-0.39, 0.29) is 5.91 Å². The number of nitrogens with one attached hydrogen (secondary N) is 1. The smallest absolute Gasteiger partial charge is 0.251 e. The van der Waals surface area contributed by atoms with Gasteiger partial charge in [0.1, 0.15) is 18.2 Å². The van der Waals surface area contributed by atoms with Crippen LogP contribution in [-0.2, 0) is 13.0 Å². The van der Waals surface area contributed by atoms with Crippen molar-refractivity contribution in [1.29, 1.82) is 0 Å². The van der Waals surface area contributed by atoms with Crippen LogP contribution < -0.4 is 19.5 Å². The van der Waals surface area contributed by atoms with Gasteiger partial charge in [-0.2, -0.15) is 0 Å². The molecule has 0 saturated carbocycles. The van der Waals surface area contributed by atoms with Gasteiger partial charge in [0.2, 0.25) is 0 Å². The summed E-state index contributed by atoms with van der Waals surface area (Å²) in [7, 11) is 3.12. The number of nitrogens with zero attached hydrogens (tertiary/aromatic N) is 2. The van der Waals surface area contributed by atoms with E-state index in [2.05, 4.69) is 41.9 Å². The highest BCUT2D eigenvalue weighted by molar-refractivity contribution is 5.94. The number of imidazole rings is 1. The summed E-state index contributed by atoms with van der Waals surface area (Å²) < 4.78 is 18.9. The van der Waals surface area contributed by atoms with E-state index in [1.165, 1.54) is 0 Å². The van der Waals surface area contributed by atoms with Crippen LogP contribution in [0.5, 0.6) is 17.2 Å². The van der Waals surface area contributed by atoms with E-state index < -0.39 is 0 Å². The lowest BCUT2D eigenvalue weighted by molar-refractivity contribution is 0.0952. The number of fused-ring (bicyclic) bond motifs is 1. The topological polar surface area (TPSA) is 74.6 Å². The minimum absolute atomic E-state index is 0.147. The lowest BCUT2D eigenvalue weighted by atomic mass is 10.1. The fourth-order valence-corrected chi connectivity index (χ4v) is 4.36. The van der Waals surface area contributed by atoms with Crippen molar-refractivity contribution < 1.29 is 19.0 Å². The number of carbonyl (C=O) groups excluding carboxylic acids is 1. The van der Waals surface area contributed by atoms with E-state index in [9.17, 15) is 4.79 Å². The summed E-state index contributed by atoms with van der Waals surface area (Å²) >= 11 is 0. The molecule has 1 N–H and O–H groups in total. The molecule has 0 spiro atoms. The molecule has 0 saturated heterocycles. The Labute approximate surface area is 212 Å². The number of amides is 1. The average Bonchev–Trinajstić information content (AvgIpc) is 3.25. The molecule has 0 fully saturated rings. The predicted octanol–water partition coefficient (Wildman–Crippen LogP) is 5.11. The van der Waals surface area contributed by atoms with E-state index >= 15 is 0 Å². The van der Waals surface area contributed by atoms with E-state index in [0.717, 1.165) is 46.6 Å². The second-order valence-corrected chi connectivity index (χ2v) is 8.67. The Morgan fingerprint density at radius 3 is 2.44 bits per heavy atom. The maximum atomic E-state index is 12.6. The van der Waals surface area contributed by atoms with Crippen LogP contribution in [-0.4, -0.2) is 42.8 Å². The van der Waals surface area contributed by atoms with Gasteiger partial charge >= 0.3 is 0 Å². The molecule has 0 aliphatic carbocycles. The third-order valence-corrected chi connectivity index (χ3v) is 6.21. The van der Waals surface area contributed by atoms with Crippen LogP contribution in [0.4, 0.5) is 0 Å². The highest BCUT2D eigenvalue weighted by Crippen LogP contribution is 2.27. The number of hydrogen-bond acceptors (Lipinski definition) is 5. The van der Waals surface area contributed by atoms with E-state index in [4.69, 9.17) is 19.2 Å². The summed E-state index contributed by atoms with van der Waals surface area (Å²) in [5.74, 6) is 2.91. The maximum Gasteiger partial charge on any atom is 0.251 e. The first-order chi connectivity index (χ1) is 17.5. The Bertz CT molecular complexity index is 1330. The van der Waals surface area contributed by atoms with Crippen molar-refractivity contribution in [3.05, 3.63) is 83.2 Å². The number of methoxy groups -OCH3 is 2. The number of aryl methyl sites for hydroxylation is 3. The first-order valence-corrected chi connectivity index (χ1v) is 12.1. The molecule has 36 heavy (non-hydrogen) atoms. The van der Waals surface area contributed by atoms with Crippen molar-refractivity contribution in [3.8, 4) is 17.2 Å². The van der Waals surface area contributed by atoms with Crippen LogP contribution in [0.1, 0.15) is 33.7 Å². The number of hydrogen-bond donors (Lipinski definition) is 1. The molecule has 0 aliphatic heterocycles. The van der Waals surface area contributed by atoms with Crippen LogP contribution >= 0.6 is 0 Å². The van der Waals surface area contributed by atoms with Crippen LogP contribution in [0.3, 0.4) is 0 Å². The molecule has 1 amide bonds. The SMILES string of the molecule is COc1ccc(C(=O)NCCCc2nc3ccccc3n2CCOc2c(C)cccc2C)cc1OC. The summed E-state index contributed by atoms with van der Waals surface area (Å²) in [5, 5.41) is 2.99. The fourth-order valence-electron chi connectivity index (χ4n) is 4.36. The fraction of sp³-hybridized carbons (Fsp3) is 0.310. The monoisotopic (exact) mass is 487 g/mol. The van der Waals surface area contributed by atoms with E-state index in [1.807, 2.05) is 24.3 Å². The lowest BCUT2D eigenvalue weighted by Gasteiger charge is -2.14. The Balaban J connectivity index is 1.38. The van der Waals surface area contributed by atoms with Gasteiger partial charge < -0.3 is 24.1 Å². The molecule has 7 nitrogen and oxygen atoms in total. The van der Waals surface area contributed by atoms with Crippen LogP contribution in [0, 0.1) is 13.8 Å². The Kier molecular flexibility index (Phi) is 8.10. The molecule has 7 heteroatoms. The van der Waals surface area contributed by atoms with Gasteiger partial charge in [0.25, 0.3) is 5.91 Å². The molecule has 188 valence electrons. The summed E-state index contributed by atoms with van der Waals surface area (Å²) in [5.41, 5.74) is 4.86. The molecular formula is C29H33N3O4. The Morgan fingerprint density at radius 2 is 1.69 bits per heavy atom. The molecular weight excluding hydrogens is 454 g/mol. The Hall–Kier alpha value is -4.00. The van der Waals surface area contributed by atoms with Gasteiger partial charge in [0, 0.05) is 18.5 Å². The molecule has 0 radical (unpaired) electrons. The van der Waals surface area contributed by atoms with Gasteiger partial charge in [-0.3, -0.25) is 4.79 Å². The molecule has 1 aromatic heterocycles. The first-order valence-electron chi connectivity index (χ1n) is 12.1. The van der Waals surface area contributed by atoms with Gasteiger partial charge in [-0.05, 0) is 61.7 Å². The number of carbonyl (C=O) groups is 1. The molecule has 0 atom stereocenters. The summed E-state index contributed by atoms with van der Waals surface area (Å²) in [6.45, 7) is 5.92. The third-order valence-electron chi connectivity index (χ3n) is 6.21. The minimum Gasteiger partial charge on any atom is -0.493 e. The van der Waals surface area contributed by atoms with Gasteiger partial charge in [0.05, 0.1) is 31.8 Å². The highest BCUT2D eigenvalue weighted by atomic mass is 16.5. The lowest BCUT2D eigenvalue weighted by Crippen LogP contribution is -2.25. The second-order valence-electron chi connectivity index (χ2n) is 8.67. The van der Waals surface area contributed by atoms with Gasteiger partial charge in [-0.25, -0.2) is 4.98 Å². The first kappa shape index (κ1) is 25.1. The number of benzene rings is 3. The van der Waals surface area contributed by atoms with Crippen LogP contribution in [0.2, 0.25) is 0 Å². The van der Waals surface area contributed by atoms with Crippen molar-refractivity contribution in [1.82, 2.24) is 14.9 Å². The molecule has 0 aliphatic rings. The van der Waals surface area contributed by atoms with Gasteiger partial charge in [-0.1, -0.05) is 30.3 Å². The zero-order valence-electron chi connectivity index (χ0n) is 21.3. The minimum atomic E-state index is -0.147. The largest absolute Gasteiger partial charge is 0.493 e. The molecule has 0 unspecified atom stereocenters. The van der Waals surface area contributed by atoms with Crippen molar-refractivity contribution >= 4 is 16.9 Å². The molecule has 1 heterocycles. The van der Waals surface area contributed by atoms with Crippen molar-refractivity contribution in [2.24, 2.45) is 0 Å². The molecule has 4 rings (SSSR count). The zero-order valence-corrected chi connectivity index (χ0v) is 21.3. The number of rotatable bonds is 11. The van der Waals surface area contributed by atoms with Crippen molar-refractivity contribution in [3.63, 3.8) is 0 Å². The van der Waals surface area contributed by atoms with E-state index in [0.29, 0.717) is 36.8 Å². The van der Waals surface area contributed by atoms with Crippen LogP contribution in [0.25, 0.3) is 11.0 Å². The molecule has 4 aromatic rings. The molecule has 0 bridgehead atoms. The third kappa shape index (κ3) is 5.62. The standard InChI is InChI=1S/C29H33N3O4/c1-20-9-7-10-21(2)28(20)36-18-17-32-24-12-6-5-11-23(24)31-27(32)13-8-16-30-29(33)22-14-15-25(34-3)26(19-22)35-4/h5-7,9-12,14-15,19H,8,13,16-18H2,1-4H3,(H,30,33). The summed E-state index contributed by atoms with van der Waals surface area (Å²) in [6, 6.07) is 19.5. The maximum absolute atomic E-state index is 12.6. The average molecular weight is 488 g/mol.